The minimum Gasteiger partial charge on any atom is -0.493 e. The summed E-state index contributed by atoms with van der Waals surface area (Å²) in [6, 6.07) is 4.08. The zero-order valence-electron chi connectivity index (χ0n) is 21.4. The van der Waals surface area contributed by atoms with Gasteiger partial charge in [0, 0.05) is 24.8 Å². The number of benzene rings is 1. The van der Waals surface area contributed by atoms with E-state index < -0.39 is 17.1 Å². The molecular formula is C28H37NO6. The van der Waals surface area contributed by atoms with Crippen molar-refractivity contribution in [2.75, 3.05) is 20.7 Å². The Balaban J connectivity index is 1.65. The first-order valence-electron chi connectivity index (χ1n) is 13.1. The molecule has 2 aliphatic carbocycles. The maximum absolute atomic E-state index is 13.2. The van der Waals surface area contributed by atoms with Crippen molar-refractivity contribution in [1.29, 1.82) is 0 Å². The number of likely N-dealkylation sites (N-methyl/N-ethyl adjacent to an activating group) is 1. The number of methoxy groups -OCH3 is 1. The lowest BCUT2D eigenvalue weighted by Gasteiger charge is -2.62. The molecule has 7 heteroatoms. The van der Waals surface area contributed by atoms with Gasteiger partial charge in [-0.25, -0.2) is 0 Å². The Morgan fingerprint density at radius 2 is 1.89 bits per heavy atom. The van der Waals surface area contributed by atoms with Gasteiger partial charge in [0.1, 0.15) is 11.4 Å². The number of rotatable bonds is 9. The summed E-state index contributed by atoms with van der Waals surface area (Å²) in [4.78, 5) is 28.2. The first-order valence-corrected chi connectivity index (χ1v) is 13.1. The molecule has 0 aromatic heterocycles. The van der Waals surface area contributed by atoms with Crippen molar-refractivity contribution in [2.24, 2.45) is 0 Å². The molecule has 0 saturated carbocycles. The molecule has 1 unspecified atom stereocenters. The minimum absolute atomic E-state index is 0.00774. The molecule has 0 N–H and O–H groups in total. The summed E-state index contributed by atoms with van der Waals surface area (Å²) in [6.45, 7) is 4.97. The van der Waals surface area contributed by atoms with E-state index in [1.807, 2.05) is 12.1 Å². The lowest BCUT2D eigenvalue weighted by atomic mass is 9.50. The van der Waals surface area contributed by atoms with Crippen LogP contribution in [0.5, 0.6) is 11.5 Å². The Morgan fingerprint density at radius 3 is 2.60 bits per heavy atom. The Morgan fingerprint density at radius 1 is 1.14 bits per heavy atom. The number of carbonyl (C=O) groups excluding carboxylic acids is 2. The first-order chi connectivity index (χ1) is 16.9. The summed E-state index contributed by atoms with van der Waals surface area (Å²) in [5.74, 6) is 1.49. The van der Waals surface area contributed by atoms with E-state index in [2.05, 4.69) is 31.9 Å². The van der Waals surface area contributed by atoms with E-state index in [0.29, 0.717) is 36.5 Å². The lowest BCUT2D eigenvalue weighted by molar-refractivity contribution is -0.206. The molecule has 2 aliphatic heterocycles. The van der Waals surface area contributed by atoms with Gasteiger partial charge in [0.2, 0.25) is 0 Å². The van der Waals surface area contributed by atoms with Gasteiger partial charge in [-0.05, 0) is 57.0 Å². The van der Waals surface area contributed by atoms with Crippen LogP contribution < -0.4 is 9.47 Å². The van der Waals surface area contributed by atoms with Gasteiger partial charge >= 0.3 is 11.9 Å². The summed E-state index contributed by atoms with van der Waals surface area (Å²) in [5, 5.41) is 0. The fourth-order valence-electron chi connectivity index (χ4n) is 6.84. The average Bonchev–Trinajstić information content (AvgIpc) is 3.21. The van der Waals surface area contributed by atoms with Crippen molar-refractivity contribution < 1.29 is 28.5 Å². The van der Waals surface area contributed by atoms with Crippen molar-refractivity contribution >= 4 is 11.9 Å². The van der Waals surface area contributed by atoms with E-state index in [9.17, 15) is 9.59 Å². The second-order valence-electron chi connectivity index (χ2n) is 10.4. The van der Waals surface area contributed by atoms with E-state index in [4.69, 9.17) is 18.9 Å². The fourth-order valence-corrected chi connectivity index (χ4v) is 6.84. The predicted octanol–water partition coefficient (Wildman–Crippen LogP) is 4.45. The molecule has 4 aliphatic rings. The number of ether oxygens (including phenoxy) is 4. The quantitative estimate of drug-likeness (QED) is 0.481. The smallest absolute Gasteiger partial charge is 0.310 e. The second-order valence-corrected chi connectivity index (χ2v) is 10.4. The topological polar surface area (TPSA) is 74.3 Å². The Labute approximate surface area is 207 Å². The van der Waals surface area contributed by atoms with Crippen molar-refractivity contribution in [3.63, 3.8) is 0 Å². The number of hydrogen-bond acceptors (Lipinski definition) is 7. The summed E-state index contributed by atoms with van der Waals surface area (Å²) in [5.41, 5.74) is 0.848. The number of nitrogens with zero attached hydrogens (tertiary/aromatic N) is 1. The van der Waals surface area contributed by atoms with E-state index in [-0.39, 0.29) is 18.0 Å². The van der Waals surface area contributed by atoms with Gasteiger partial charge in [-0.3, -0.25) is 14.5 Å². The number of piperidine rings is 1. The van der Waals surface area contributed by atoms with Crippen LogP contribution in [0.3, 0.4) is 0 Å². The van der Waals surface area contributed by atoms with E-state index in [1.165, 1.54) is 5.56 Å². The highest BCUT2D eigenvalue weighted by atomic mass is 16.6. The molecule has 35 heavy (non-hydrogen) atoms. The molecular weight excluding hydrogens is 446 g/mol. The zero-order valence-corrected chi connectivity index (χ0v) is 21.4. The third-order valence-electron chi connectivity index (χ3n) is 8.52. The van der Waals surface area contributed by atoms with Gasteiger partial charge in [-0.1, -0.05) is 32.8 Å². The van der Waals surface area contributed by atoms with Crippen molar-refractivity contribution in [3.8, 4) is 11.5 Å². The number of esters is 2. The highest BCUT2D eigenvalue weighted by Crippen LogP contribution is 2.66. The highest BCUT2D eigenvalue weighted by Gasteiger charge is 2.74. The van der Waals surface area contributed by atoms with Crippen LogP contribution in [0.1, 0.15) is 76.3 Å². The van der Waals surface area contributed by atoms with Crippen molar-refractivity contribution in [2.45, 2.75) is 94.8 Å². The molecule has 190 valence electrons. The molecule has 1 spiro atoms. The largest absolute Gasteiger partial charge is 0.493 e. The molecule has 1 saturated heterocycles. The van der Waals surface area contributed by atoms with Gasteiger partial charge in [0.15, 0.2) is 17.6 Å². The molecule has 7 nitrogen and oxygen atoms in total. The molecule has 0 radical (unpaired) electrons. The zero-order chi connectivity index (χ0) is 24.8. The van der Waals surface area contributed by atoms with Crippen LogP contribution in [0, 0.1) is 0 Å². The lowest BCUT2D eigenvalue weighted by Crippen LogP contribution is -2.75. The van der Waals surface area contributed by atoms with Gasteiger partial charge in [0.25, 0.3) is 0 Å². The van der Waals surface area contributed by atoms with Crippen LogP contribution >= 0.6 is 0 Å². The van der Waals surface area contributed by atoms with Gasteiger partial charge in [-0.15, -0.1) is 0 Å². The SMILES string of the molecule is CCCCC(=O)OC1=CC[C@@]2(OC(=O)CCCC)[C@H]3Cc4ccc(OC)c5c4[C@@]2(CCN3C)C1O5. The first kappa shape index (κ1) is 24.2. The van der Waals surface area contributed by atoms with Crippen molar-refractivity contribution in [3.05, 3.63) is 35.1 Å². The number of carbonyl (C=O) groups is 2. The predicted molar refractivity (Wildman–Crippen MR) is 130 cm³/mol. The monoisotopic (exact) mass is 483 g/mol. The molecule has 2 heterocycles. The molecule has 1 fully saturated rings. The third-order valence-corrected chi connectivity index (χ3v) is 8.52. The van der Waals surface area contributed by atoms with Gasteiger partial charge in [0.05, 0.1) is 18.6 Å². The Hall–Kier alpha value is -2.54. The number of hydrogen-bond donors (Lipinski definition) is 0. The standard InChI is InChI=1S/C28H37NO6/c1-5-7-9-22(30)33-20-13-14-28(35-23(31)10-8-6-2)21-17-18-11-12-19(32-4)25-24(18)27(28,26(20)34-25)15-16-29(21)3/h11-13,21,26H,5-10,14-17H2,1-4H3/t21-,26?,27+,28-/m1/s1. The third kappa shape index (κ3) is 3.49. The van der Waals surface area contributed by atoms with E-state index in [0.717, 1.165) is 50.6 Å². The molecule has 1 aromatic rings. The second kappa shape index (κ2) is 9.16. The number of likely N-dealkylation sites (tertiary alicyclic amines) is 1. The summed E-state index contributed by atoms with van der Waals surface area (Å²) >= 11 is 0. The van der Waals surface area contributed by atoms with Crippen LogP contribution in [-0.4, -0.2) is 55.3 Å². The Bertz CT molecular complexity index is 1050. The molecule has 5 rings (SSSR count). The molecule has 1 aromatic carbocycles. The molecule has 0 amide bonds. The van der Waals surface area contributed by atoms with Crippen molar-refractivity contribution in [1.82, 2.24) is 4.90 Å². The number of unbranched alkanes of at least 4 members (excludes halogenated alkanes) is 2. The maximum atomic E-state index is 13.2. The highest BCUT2D eigenvalue weighted by molar-refractivity contribution is 5.74. The Kier molecular flexibility index (Phi) is 6.32. The van der Waals surface area contributed by atoms with Crippen LogP contribution in [-0.2, 0) is 30.9 Å². The summed E-state index contributed by atoms with van der Waals surface area (Å²) in [6.07, 6.45) is 7.61. The molecule has 4 atom stereocenters. The van der Waals surface area contributed by atoms with Crippen LogP contribution in [0.15, 0.2) is 24.0 Å². The summed E-state index contributed by atoms with van der Waals surface area (Å²) in [7, 11) is 3.75. The summed E-state index contributed by atoms with van der Waals surface area (Å²) < 4.78 is 24.9. The fraction of sp³-hybridized carbons (Fsp3) is 0.643. The van der Waals surface area contributed by atoms with E-state index >= 15 is 0 Å². The van der Waals surface area contributed by atoms with Crippen LogP contribution in [0.2, 0.25) is 0 Å². The minimum atomic E-state index is -0.792. The van der Waals surface area contributed by atoms with E-state index in [1.54, 1.807) is 7.11 Å². The van der Waals surface area contributed by atoms with Gasteiger partial charge in [-0.2, -0.15) is 0 Å². The average molecular weight is 484 g/mol. The normalized spacial score (nSPS) is 30.1. The van der Waals surface area contributed by atoms with Crippen LogP contribution in [0.4, 0.5) is 0 Å². The maximum Gasteiger partial charge on any atom is 0.310 e. The van der Waals surface area contributed by atoms with Crippen LogP contribution in [0.25, 0.3) is 0 Å². The van der Waals surface area contributed by atoms with Gasteiger partial charge < -0.3 is 18.9 Å². The molecule has 2 bridgehead atoms.